The Morgan fingerprint density at radius 3 is 2.94 bits per heavy atom. The van der Waals surface area contributed by atoms with Gasteiger partial charge in [0.25, 0.3) is 0 Å². The van der Waals surface area contributed by atoms with Gasteiger partial charge in [0.1, 0.15) is 0 Å². The molecule has 1 rings (SSSR count). The molecule has 4 nitrogen and oxygen atoms in total. The summed E-state index contributed by atoms with van der Waals surface area (Å²) in [4.78, 5) is 11.2. The highest BCUT2D eigenvalue weighted by Gasteiger charge is 2.15. The summed E-state index contributed by atoms with van der Waals surface area (Å²) in [6.45, 7) is 0.351. The monoisotopic (exact) mass is 218 g/mol. The summed E-state index contributed by atoms with van der Waals surface area (Å²) in [5.41, 5.74) is 7.07. The van der Waals surface area contributed by atoms with Crippen molar-refractivity contribution in [3.8, 4) is 6.07 Å². The van der Waals surface area contributed by atoms with Crippen LogP contribution in [0.25, 0.3) is 0 Å². The van der Waals surface area contributed by atoms with Gasteiger partial charge in [-0.05, 0) is 24.2 Å². The first-order valence-corrected chi connectivity index (χ1v) is 4.98. The number of nitriles is 1. The van der Waals surface area contributed by atoms with E-state index < -0.39 is 0 Å². The zero-order valence-corrected chi connectivity index (χ0v) is 9.14. The maximum Gasteiger partial charge on any atom is 0.306 e. The Kier molecular flexibility index (Phi) is 4.49. The van der Waals surface area contributed by atoms with Crippen molar-refractivity contribution in [3.63, 3.8) is 0 Å². The fourth-order valence-corrected chi connectivity index (χ4v) is 1.48. The summed E-state index contributed by atoms with van der Waals surface area (Å²) in [5.74, 6) is -0.390. The van der Waals surface area contributed by atoms with Crippen molar-refractivity contribution >= 4 is 5.97 Å². The number of rotatable bonds is 4. The molecule has 0 aliphatic rings. The van der Waals surface area contributed by atoms with E-state index >= 15 is 0 Å². The third-order valence-corrected chi connectivity index (χ3v) is 2.41. The molecule has 16 heavy (non-hydrogen) atoms. The Hall–Kier alpha value is -1.86. The zero-order valence-electron chi connectivity index (χ0n) is 9.14. The van der Waals surface area contributed by atoms with E-state index in [1.807, 2.05) is 6.07 Å². The van der Waals surface area contributed by atoms with E-state index in [-0.39, 0.29) is 18.3 Å². The summed E-state index contributed by atoms with van der Waals surface area (Å²) >= 11 is 0. The van der Waals surface area contributed by atoms with Gasteiger partial charge < -0.3 is 10.5 Å². The highest BCUT2D eigenvalue weighted by atomic mass is 16.5. The van der Waals surface area contributed by atoms with Crippen molar-refractivity contribution in [1.29, 1.82) is 5.26 Å². The minimum absolute atomic E-state index is 0.0965. The van der Waals surface area contributed by atoms with E-state index in [2.05, 4.69) is 10.8 Å². The van der Waals surface area contributed by atoms with Crippen LogP contribution in [-0.4, -0.2) is 19.6 Å². The number of methoxy groups -OCH3 is 1. The molecule has 0 aromatic heterocycles. The summed E-state index contributed by atoms with van der Waals surface area (Å²) in [6.07, 6.45) is 0.238. The van der Waals surface area contributed by atoms with E-state index in [4.69, 9.17) is 11.0 Å². The van der Waals surface area contributed by atoms with E-state index in [9.17, 15) is 4.79 Å². The zero-order chi connectivity index (χ0) is 12.0. The van der Waals surface area contributed by atoms with Gasteiger partial charge >= 0.3 is 5.97 Å². The van der Waals surface area contributed by atoms with Crippen molar-refractivity contribution in [2.24, 2.45) is 5.73 Å². The quantitative estimate of drug-likeness (QED) is 0.769. The number of nitrogens with zero attached hydrogens (tertiary/aromatic N) is 1. The Balaban J connectivity index is 2.86. The summed E-state index contributed by atoms with van der Waals surface area (Å²) in [6, 6.07) is 9.17. The second kappa shape index (κ2) is 5.89. The van der Waals surface area contributed by atoms with Crippen molar-refractivity contribution in [1.82, 2.24) is 0 Å². The van der Waals surface area contributed by atoms with Crippen LogP contribution in [0.5, 0.6) is 0 Å². The fraction of sp³-hybridized carbons (Fsp3) is 0.333. The number of benzene rings is 1. The van der Waals surface area contributed by atoms with Crippen LogP contribution in [0.3, 0.4) is 0 Å². The molecule has 0 bridgehead atoms. The highest BCUT2D eigenvalue weighted by molar-refractivity contribution is 5.70. The standard InChI is InChI=1S/C12H14N2O2/c1-16-12(15)6-11(8-14)10-4-2-3-9(5-10)7-13/h2-5,11H,6,8,14H2,1H3. The predicted octanol–water partition coefficient (Wildman–Crippen LogP) is 1.16. The van der Waals surface area contributed by atoms with Gasteiger partial charge in [0, 0.05) is 5.92 Å². The van der Waals surface area contributed by atoms with Gasteiger partial charge in [-0.15, -0.1) is 0 Å². The average Bonchev–Trinajstić information content (AvgIpc) is 2.35. The Labute approximate surface area is 94.6 Å². The lowest BCUT2D eigenvalue weighted by Gasteiger charge is -2.13. The Bertz CT molecular complexity index is 410. The molecule has 0 fully saturated rings. The molecule has 0 spiro atoms. The molecular weight excluding hydrogens is 204 g/mol. The van der Waals surface area contributed by atoms with E-state index in [1.165, 1.54) is 7.11 Å². The normalized spacial score (nSPS) is 11.6. The van der Waals surface area contributed by atoms with Gasteiger partial charge in [0.15, 0.2) is 0 Å². The number of carbonyl (C=O) groups excluding carboxylic acids is 1. The first kappa shape index (κ1) is 12.2. The number of esters is 1. The van der Waals surface area contributed by atoms with Gasteiger partial charge in [-0.2, -0.15) is 5.26 Å². The van der Waals surface area contributed by atoms with Crippen molar-refractivity contribution in [3.05, 3.63) is 35.4 Å². The van der Waals surface area contributed by atoms with Gasteiger partial charge in [-0.25, -0.2) is 0 Å². The van der Waals surface area contributed by atoms with Crippen LogP contribution >= 0.6 is 0 Å². The average molecular weight is 218 g/mol. The summed E-state index contributed by atoms with van der Waals surface area (Å²) < 4.78 is 4.60. The predicted molar refractivity (Wildman–Crippen MR) is 59.6 cm³/mol. The maximum absolute atomic E-state index is 11.2. The summed E-state index contributed by atoms with van der Waals surface area (Å²) in [7, 11) is 1.35. The van der Waals surface area contributed by atoms with E-state index in [0.29, 0.717) is 12.1 Å². The molecule has 2 N–H and O–H groups in total. The lowest BCUT2D eigenvalue weighted by Crippen LogP contribution is -2.17. The first-order chi connectivity index (χ1) is 7.71. The molecule has 1 aromatic carbocycles. The summed E-state index contributed by atoms with van der Waals surface area (Å²) in [5, 5.41) is 8.77. The molecule has 0 saturated heterocycles. The molecule has 0 aliphatic carbocycles. The third-order valence-electron chi connectivity index (χ3n) is 2.41. The molecule has 0 radical (unpaired) electrons. The highest BCUT2D eigenvalue weighted by Crippen LogP contribution is 2.19. The van der Waals surface area contributed by atoms with Crippen LogP contribution in [0.1, 0.15) is 23.5 Å². The smallest absolute Gasteiger partial charge is 0.306 e. The number of hydrogen-bond acceptors (Lipinski definition) is 4. The minimum atomic E-state index is -0.294. The third kappa shape index (κ3) is 3.07. The molecule has 0 heterocycles. The van der Waals surface area contributed by atoms with Gasteiger partial charge in [0.05, 0.1) is 25.2 Å². The molecule has 1 aromatic rings. The van der Waals surface area contributed by atoms with Crippen LogP contribution in [-0.2, 0) is 9.53 Å². The lowest BCUT2D eigenvalue weighted by molar-refractivity contribution is -0.141. The van der Waals surface area contributed by atoms with Crippen LogP contribution < -0.4 is 5.73 Å². The molecule has 0 aliphatic heterocycles. The molecular formula is C12H14N2O2. The van der Waals surface area contributed by atoms with Crippen LogP contribution in [0.15, 0.2) is 24.3 Å². The van der Waals surface area contributed by atoms with Crippen LogP contribution in [0.4, 0.5) is 0 Å². The molecule has 84 valence electrons. The number of carbonyl (C=O) groups is 1. The number of hydrogen-bond donors (Lipinski definition) is 1. The number of nitrogens with two attached hydrogens (primary N) is 1. The Morgan fingerprint density at radius 1 is 1.62 bits per heavy atom. The van der Waals surface area contributed by atoms with Crippen molar-refractivity contribution in [2.45, 2.75) is 12.3 Å². The first-order valence-electron chi connectivity index (χ1n) is 4.98. The maximum atomic E-state index is 11.2. The van der Waals surface area contributed by atoms with Crippen molar-refractivity contribution in [2.75, 3.05) is 13.7 Å². The molecule has 0 amide bonds. The molecule has 4 heteroatoms. The second-order valence-electron chi connectivity index (χ2n) is 3.45. The topological polar surface area (TPSA) is 76.1 Å². The van der Waals surface area contributed by atoms with Crippen LogP contribution in [0, 0.1) is 11.3 Å². The largest absolute Gasteiger partial charge is 0.469 e. The molecule has 1 unspecified atom stereocenters. The SMILES string of the molecule is COC(=O)CC(CN)c1cccc(C#N)c1. The second-order valence-corrected chi connectivity index (χ2v) is 3.45. The minimum Gasteiger partial charge on any atom is -0.469 e. The van der Waals surface area contributed by atoms with Crippen molar-refractivity contribution < 1.29 is 9.53 Å². The number of ether oxygens (including phenoxy) is 1. The van der Waals surface area contributed by atoms with Gasteiger partial charge in [-0.1, -0.05) is 12.1 Å². The van der Waals surface area contributed by atoms with E-state index in [1.54, 1.807) is 18.2 Å². The van der Waals surface area contributed by atoms with E-state index in [0.717, 1.165) is 5.56 Å². The fourth-order valence-electron chi connectivity index (χ4n) is 1.48. The van der Waals surface area contributed by atoms with Gasteiger partial charge in [0.2, 0.25) is 0 Å². The van der Waals surface area contributed by atoms with Crippen LogP contribution in [0.2, 0.25) is 0 Å². The Morgan fingerprint density at radius 2 is 2.38 bits per heavy atom. The molecule has 1 atom stereocenters. The van der Waals surface area contributed by atoms with Gasteiger partial charge in [-0.3, -0.25) is 4.79 Å². The molecule has 0 saturated carbocycles. The lowest BCUT2D eigenvalue weighted by atomic mass is 9.94.